The highest BCUT2D eigenvalue weighted by Crippen LogP contribution is 2.31. The molecular weight excluding hydrogens is 362 g/mol. The van der Waals surface area contributed by atoms with E-state index in [1.807, 2.05) is 55.5 Å². The maximum atomic E-state index is 12.7. The van der Waals surface area contributed by atoms with Crippen molar-refractivity contribution < 1.29 is 9.53 Å². The molecule has 0 saturated carbocycles. The third-order valence-electron chi connectivity index (χ3n) is 4.99. The van der Waals surface area contributed by atoms with E-state index < -0.39 is 6.04 Å². The molecule has 1 aromatic heterocycles. The van der Waals surface area contributed by atoms with Gasteiger partial charge in [0.25, 0.3) is 0 Å². The number of nitrogens with one attached hydrogen (secondary N) is 1. The van der Waals surface area contributed by atoms with Crippen LogP contribution in [0.15, 0.2) is 48.5 Å². The van der Waals surface area contributed by atoms with Gasteiger partial charge in [-0.15, -0.1) is 0 Å². The molecule has 2 aromatic carbocycles. The van der Waals surface area contributed by atoms with Crippen LogP contribution in [0.4, 0.5) is 0 Å². The smallest absolute Gasteiger partial charge is 0.244 e. The molecule has 3 aromatic rings. The van der Waals surface area contributed by atoms with Crippen LogP contribution in [0, 0.1) is 0 Å². The maximum absolute atomic E-state index is 12.7. The van der Waals surface area contributed by atoms with Gasteiger partial charge in [-0.1, -0.05) is 41.9 Å². The Balaban J connectivity index is 1.65. The predicted octanol–water partition coefficient (Wildman–Crippen LogP) is 4.21. The molecule has 1 N–H and O–H groups in total. The van der Waals surface area contributed by atoms with Crippen LogP contribution in [0.2, 0.25) is 5.02 Å². The normalized spacial score (nSPS) is 17.9. The molecule has 1 saturated heterocycles. The van der Waals surface area contributed by atoms with Crippen molar-refractivity contribution >= 4 is 28.4 Å². The third-order valence-corrected chi connectivity index (χ3v) is 5.22. The molecule has 140 valence electrons. The zero-order chi connectivity index (χ0) is 18.8. The van der Waals surface area contributed by atoms with Crippen LogP contribution in [0.5, 0.6) is 0 Å². The Labute approximate surface area is 163 Å². The van der Waals surface area contributed by atoms with Gasteiger partial charge in [-0.05, 0) is 38.0 Å². The van der Waals surface area contributed by atoms with Crippen LogP contribution >= 0.6 is 11.6 Å². The van der Waals surface area contributed by atoms with Gasteiger partial charge >= 0.3 is 0 Å². The van der Waals surface area contributed by atoms with Crippen LogP contribution in [0.25, 0.3) is 22.2 Å². The number of hydrogen-bond acceptors (Lipinski definition) is 3. The summed E-state index contributed by atoms with van der Waals surface area (Å²) in [5, 5.41) is 9.35. The molecule has 6 heteroatoms. The van der Waals surface area contributed by atoms with E-state index in [1.165, 1.54) is 0 Å². The van der Waals surface area contributed by atoms with Crippen molar-refractivity contribution in [3.63, 3.8) is 0 Å². The van der Waals surface area contributed by atoms with Crippen LogP contribution < -0.4 is 5.32 Å². The van der Waals surface area contributed by atoms with Crippen LogP contribution in [0.3, 0.4) is 0 Å². The number of carbonyl (C=O) groups excluding carboxylic acids is 1. The molecule has 1 fully saturated rings. The molecule has 1 aliphatic heterocycles. The molecule has 5 nitrogen and oxygen atoms in total. The van der Waals surface area contributed by atoms with Crippen molar-refractivity contribution in [3.8, 4) is 11.3 Å². The fourth-order valence-electron chi connectivity index (χ4n) is 3.50. The quantitative estimate of drug-likeness (QED) is 0.717. The number of hydrogen-bond donors (Lipinski definition) is 1. The Kier molecular flexibility index (Phi) is 5.14. The average Bonchev–Trinajstić information content (AvgIpc) is 3.33. The van der Waals surface area contributed by atoms with Gasteiger partial charge in [0, 0.05) is 29.1 Å². The van der Waals surface area contributed by atoms with Gasteiger partial charge in [0.2, 0.25) is 5.91 Å². The van der Waals surface area contributed by atoms with E-state index in [4.69, 9.17) is 21.4 Å². The minimum Gasteiger partial charge on any atom is -0.376 e. The number of amides is 1. The van der Waals surface area contributed by atoms with Gasteiger partial charge in [-0.3, -0.25) is 9.48 Å². The third kappa shape index (κ3) is 3.70. The Morgan fingerprint density at radius 1 is 1.33 bits per heavy atom. The molecule has 27 heavy (non-hydrogen) atoms. The molecule has 0 aliphatic carbocycles. The van der Waals surface area contributed by atoms with Crippen LogP contribution in [-0.4, -0.2) is 34.9 Å². The van der Waals surface area contributed by atoms with Gasteiger partial charge < -0.3 is 10.1 Å². The van der Waals surface area contributed by atoms with Gasteiger partial charge in [0.05, 0.1) is 11.6 Å². The number of aromatic nitrogens is 2. The summed E-state index contributed by atoms with van der Waals surface area (Å²) in [6.45, 7) is 3.18. The van der Waals surface area contributed by atoms with Crippen molar-refractivity contribution in [2.24, 2.45) is 0 Å². The molecule has 0 unspecified atom stereocenters. The van der Waals surface area contributed by atoms with Gasteiger partial charge in [0.1, 0.15) is 11.7 Å². The largest absolute Gasteiger partial charge is 0.376 e. The fourth-order valence-corrected chi connectivity index (χ4v) is 3.67. The molecule has 0 radical (unpaired) electrons. The first kappa shape index (κ1) is 18.0. The topological polar surface area (TPSA) is 56.1 Å². The summed E-state index contributed by atoms with van der Waals surface area (Å²) in [5.74, 6) is -0.0653. The van der Waals surface area contributed by atoms with Crippen molar-refractivity contribution in [2.75, 3.05) is 13.2 Å². The Morgan fingerprint density at radius 3 is 2.89 bits per heavy atom. The van der Waals surface area contributed by atoms with Gasteiger partial charge in [0.15, 0.2) is 0 Å². The highest BCUT2D eigenvalue weighted by molar-refractivity contribution is 6.31. The van der Waals surface area contributed by atoms with Crippen molar-refractivity contribution in [2.45, 2.75) is 31.9 Å². The first-order valence-electron chi connectivity index (χ1n) is 9.26. The monoisotopic (exact) mass is 383 g/mol. The number of nitrogens with zero attached hydrogens (tertiary/aromatic N) is 2. The van der Waals surface area contributed by atoms with Crippen LogP contribution in [-0.2, 0) is 9.53 Å². The Hall–Kier alpha value is -2.37. The Bertz CT molecular complexity index is 949. The lowest BCUT2D eigenvalue weighted by atomic mass is 10.1. The molecule has 2 atom stereocenters. The summed E-state index contributed by atoms with van der Waals surface area (Å²) >= 11 is 6.22. The molecule has 2 heterocycles. The second-order valence-corrected chi connectivity index (χ2v) is 7.31. The highest BCUT2D eigenvalue weighted by atomic mass is 35.5. The zero-order valence-corrected chi connectivity index (χ0v) is 15.9. The zero-order valence-electron chi connectivity index (χ0n) is 15.2. The van der Waals surface area contributed by atoms with Crippen LogP contribution in [0.1, 0.15) is 25.8 Å². The number of fused-ring (bicyclic) bond motifs is 1. The van der Waals surface area contributed by atoms with E-state index in [9.17, 15) is 4.79 Å². The second-order valence-electron chi connectivity index (χ2n) is 6.88. The summed E-state index contributed by atoms with van der Waals surface area (Å²) < 4.78 is 7.36. The van der Waals surface area contributed by atoms with Gasteiger partial charge in [-0.25, -0.2) is 0 Å². The van der Waals surface area contributed by atoms with E-state index in [2.05, 4.69) is 5.32 Å². The van der Waals surface area contributed by atoms with Crippen molar-refractivity contribution in [1.29, 1.82) is 0 Å². The molecular formula is C21H22ClN3O2. The molecule has 0 spiro atoms. The fraction of sp³-hybridized carbons (Fsp3) is 0.333. The molecule has 1 amide bonds. The number of carbonyl (C=O) groups is 1. The van der Waals surface area contributed by atoms with E-state index in [0.717, 1.165) is 41.6 Å². The molecule has 1 aliphatic rings. The van der Waals surface area contributed by atoms with Gasteiger partial charge in [-0.2, -0.15) is 5.10 Å². The molecule has 4 rings (SSSR count). The first-order chi connectivity index (χ1) is 13.1. The minimum atomic E-state index is -0.437. The summed E-state index contributed by atoms with van der Waals surface area (Å²) in [7, 11) is 0. The lowest BCUT2D eigenvalue weighted by Crippen LogP contribution is -2.36. The number of ether oxygens (including phenoxy) is 1. The minimum absolute atomic E-state index is 0.0653. The summed E-state index contributed by atoms with van der Waals surface area (Å²) in [5.41, 5.74) is 2.71. The predicted molar refractivity (Wildman–Crippen MR) is 107 cm³/mol. The second kappa shape index (κ2) is 7.71. The number of rotatable bonds is 5. The summed E-state index contributed by atoms with van der Waals surface area (Å²) in [6, 6.07) is 15.1. The summed E-state index contributed by atoms with van der Waals surface area (Å²) in [6.07, 6.45) is 2.17. The lowest BCUT2D eigenvalue weighted by molar-refractivity contribution is -0.124. The number of halogens is 1. The standard InChI is InChI=1S/C21H22ClN3O2/c1-14(21(26)23-13-17-8-5-11-27-17)25-19-10-9-16(22)12-18(19)20(24-25)15-6-3-2-4-7-15/h2-4,6-7,9-10,12,14,17H,5,8,11,13H2,1H3,(H,23,26)/t14-,17-/m1/s1. The molecule has 0 bridgehead atoms. The average molecular weight is 384 g/mol. The van der Waals surface area contributed by atoms with E-state index in [-0.39, 0.29) is 12.0 Å². The summed E-state index contributed by atoms with van der Waals surface area (Å²) in [4.78, 5) is 12.7. The van der Waals surface area contributed by atoms with E-state index in [0.29, 0.717) is 11.6 Å². The van der Waals surface area contributed by atoms with Crippen molar-refractivity contribution in [1.82, 2.24) is 15.1 Å². The van der Waals surface area contributed by atoms with E-state index >= 15 is 0 Å². The first-order valence-corrected chi connectivity index (χ1v) is 9.64. The lowest BCUT2D eigenvalue weighted by Gasteiger charge is -2.16. The SMILES string of the molecule is C[C@H](C(=O)NC[C@H]1CCCO1)n1nc(-c2ccccc2)c2cc(Cl)ccc21. The van der Waals surface area contributed by atoms with E-state index in [1.54, 1.807) is 4.68 Å². The maximum Gasteiger partial charge on any atom is 0.244 e. The number of benzene rings is 2. The highest BCUT2D eigenvalue weighted by Gasteiger charge is 2.23. The van der Waals surface area contributed by atoms with Crippen molar-refractivity contribution in [3.05, 3.63) is 53.6 Å². The Morgan fingerprint density at radius 2 is 2.15 bits per heavy atom.